The third kappa shape index (κ3) is 9.07. The van der Waals surface area contributed by atoms with Crippen LogP contribution in [0.3, 0.4) is 0 Å². The maximum atomic E-state index is 13.7. The smallest absolute Gasteiger partial charge is 0.408 e. The van der Waals surface area contributed by atoms with E-state index in [0.29, 0.717) is 29.2 Å². The molecule has 9 heteroatoms. The molecule has 2 rings (SSSR count). The molecule has 0 aromatic heterocycles. The minimum absolute atomic E-state index is 0.304. The lowest BCUT2D eigenvalue weighted by Gasteiger charge is -2.30. The van der Waals surface area contributed by atoms with Crippen molar-refractivity contribution in [2.45, 2.75) is 51.8 Å². The number of carbonyl (C=O) groups is 3. The zero-order valence-electron chi connectivity index (χ0n) is 22.2. The fraction of sp³-hybridized carbons (Fsp3) is 0.393. The lowest BCUT2D eigenvalue weighted by atomic mass is 10.0. The third-order valence-corrected chi connectivity index (χ3v) is 5.84. The molecule has 0 saturated heterocycles. The van der Waals surface area contributed by atoms with Crippen molar-refractivity contribution in [3.63, 3.8) is 0 Å². The van der Waals surface area contributed by atoms with Gasteiger partial charge in [0.15, 0.2) is 0 Å². The van der Waals surface area contributed by atoms with E-state index in [1.54, 1.807) is 70.3 Å². The van der Waals surface area contributed by atoms with Gasteiger partial charge in [0.25, 0.3) is 11.8 Å². The predicted molar refractivity (Wildman–Crippen MR) is 147 cm³/mol. The highest BCUT2D eigenvalue weighted by molar-refractivity contribution is 7.98. The van der Waals surface area contributed by atoms with Gasteiger partial charge in [-0.2, -0.15) is 11.8 Å². The molecule has 2 unspecified atom stereocenters. The summed E-state index contributed by atoms with van der Waals surface area (Å²) in [5, 5.41) is 5.47. The number of amides is 3. The van der Waals surface area contributed by atoms with Gasteiger partial charge in [-0.1, -0.05) is 36.3 Å². The molecule has 0 bridgehead atoms. The van der Waals surface area contributed by atoms with Gasteiger partial charge < -0.3 is 20.1 Å². The average Bonchev–Trinajstić information content (AvgIpc) is 2.83. The van der Waals surface area contributed by atoms with Crippen LogP contribution in [-0.2, 0) is 14.3 Å². The quantitative estimate of drug-likeness (QED) is 0.343. The highest BCUT2D eigenvalue weighted by Gasteiger charge is 2.36. The number of hydrogen-bond acceptors (Lipinski definition) is 6. The first-order chi connectivity index (χ1) is 17.5. The number of rotatable bonds is 10. The van der Waals surface area contributed by atoms with E-state index >= 15 is 0 Å². The Balaban J connectivity index is 2.42. The molecule has 0 aliphatic carbocycles. The topological polar surface area (TPSA) is 97.0 Å². The molecule has 0 fully saturated rings. The Bertz CT molecular complexity index is 1120. The molecule has 0 spiro atoms. The van der Waals surface area contributed by atoms with Crippen LogP contribution in [0.5, 0.6) is 5.75 Å². The van der Waals surface area contributed by atoms with Crippen LogP contribution in [0.1, 0.15) is 44.4 Å². The molecule has 2 N–H and O–H groups in total. The Labute approximate surface area is 223 Å². The van der Waals surface area contributed by atoms with Gasteiger partial charge in [0.05, 0.1) is 7.11 Å². The lowest BCUT2D eigenvalue weighted by Crippen LogP contribution is -2.51. The summed E-state index contributed by atoms with van der Waals surface area (Å²) in [6.07, 6.45) is 7.29. The van der Waals surface area contributed by atoms with Crippen molar-refractivity contribution < 1.29 is 23.9 Å². The van der Waals surface area contributed by atoms with Gasteiger partial charge in [-0.3, -0.25) is 14.5 Å². The third-order valence-electron chi connectivity index (χ3n) is 5.20. The van der Waals surface area contributed by atoms with Crippen LogP contribution in [0.25, 0.3) is 0 Å². The maximum Gasteiger partial charge on any atom is 0.408 e. The number of terminal acetylenes is 1. The molecule has 2 atom stereocenters. The second-order valence-corrected chi connectivity index (χ2v) is 10.3. The van der Waals surface area contributed by atoms with Crippen molar-refractivity contribution in [1.29, 1.82) is 0 Å². The molecule has 0 saturated carbocycles. The largest absolute Gasteiger partial charge is 0.497 e. The number of thioether (sulfide) groups is 1. The predicted octanol–water partition coefficient (Wildman–Crippen LogP) is 4.75. The van der Waals surface area contributed by atoms with Crippen molar-refractivity contribution in [2.24, 2.45) is 0 Å². The number of benzene rings is 2. The van der Waals surface area contributed by atoms with Crippen LogP contribution >= 0.6 is 11.8 Å². The summed E-state index contributed by atoms with van der Waals surface area (Å²) in [5.74, 6) is 0.137. The van der Waals surface area contributed by atoms with E-state index in [9.17, 15) is 14.4 Å². The summed E-state index contributed by atoms with van der Waals surface area (Å²) in [7, 11) is 1.55. The van der Waals surface area contributed by atoms with Crippen LogP contribution in [0, 0.1) is 19.4 Å². The maximum absolute atomic E-state index is 13.7. The Morgan fingerprint density at radius 2 is 1.81 bits per heavy atom. The summed E-state index contributed by atoms with van der Waals surface area (Å²) in [6, 6.07) is 14.3. The van der Waals surface area contributed by atoms with Crippen LogP contribution < -0.4 is 15.4 Å². The molecule has 2 aromatic rings. The zero-order valence-corrected chi connectivity index (χ0v) is 23.0. The van der Waals surface area contributed by atoms with Crippen LogP contribution in [0.4, 0.5) is 10.5 Å². The molecule has 8 nitrogen and oxygen atoms in total. The second-order valence-electron chi connectivity index (χ2n) is 9.35. The molecular formula is C28H35N3O5S. The first kappa shape index (κ1) is 29.6. The van der Waals surface area contributed by atoms with E-state index in [1.807, 2.05) is 19.2 Å². The van der Waals surface area contributed by atoms with Gasteiger partial charge in [0.2, 0.25) is 0 Å². The van der Waals surface area contributed by atoms with Crippen LogP contribution in [0.2, 0.25) is 0 Å². The number of aryl methyl sites for hydroxylation is 1. The highest BCUT2D eigenvalue weighted by atomic mass is 32.2. The number of nitrogens with zero attached hydrogens (tertiary/aromatic N) is 1. The van der Waals surface area contributed by atoms with E-state index in [-0.39, 0.29) is 0 Å². The summed E-state index contributed by atoms with van der Waals surface area (Å²) in [6.45, 7) is 7.08. The number of carbonyl (C=O) groups excluding carboxylic acids is 3. The minimum atomic E-state index is -1.14. The zero-order chi connectivity index (χ0) is 27.6. The fourth-order valence-electron chi connectivity index (χ4n) is 3.52. The minimum Gasteiger partial charge on any atom is -0.497 e. The first-order valence-corrected chi connectivity index (χ1v) is 13.2. The molecule has 37 heavy (non-hydrogen) atoms. The summed E-state index contributed by atoms with van der Waals surface area (Å²) < 4.78 is 10.5. The molecule has 0 radical (unpaired) electrons. The van der Waals surface area contributed by atoms with E-state index in [2.05, 4.69) is 16.7 Å². The van der Waals surface area contributed by atoms with Crippen molar-refractivity contribution in [3.8, 4) is 18.2 Å². The summed E-state index contributed by atoms with van der Waals surface area (Å²) in [4.78, 5) is 40.9. The molecule has 2 aromatic carbocycles. The van der Waals surface area contributed by atoms with Gasteiger partial charge in [-0.05, 0) is 76.0 Å². The molecular weight excluding hydrogens is 490 g/mol. The number of anilines is 1. The number of alkyl carbamates (subject to hydrolysis) is 1. The molecule has 0 aliphatic heterocycles. The number of ether oxygens (including phenoxy) is 2. The Morgan fingerprint density at radius 3 is 2.35 bits per heavy atom. The van der Waals surface area contributed by atoms with E-state index in [4.69, 9.17) is 15.9 Å². The van der Waals surface area contributed by atoms with Crippen LogP contribution in [-0.4, -0.2) is 53.6 Å². The molecule has 3 amide bonds. The second kappa shape index (κ2) is 13.6. The average molecular weight is 526 g/mol. The Hall–Kier alpha value is -3.64. The van der Waals surface area contributed by atoms with Gasteiger partial charge in [-0.15, -0.1) is 0 Å². The van der Waals surface area contributed by atoms with Crippen molar-refractivity contribution >= 4 is 35.4 Å². The van der Waals surface area contributed by atoms with Gasteiger partial charge in [0.1, 0.15) is 23.4 Å². The van der Waals surface area contributed by atoms with E-state index < -0.39 is 35.6 Å². The highest BCUT2D eigenvalue weighted by Crippen LogP contribution is 2.26. The lowest BCUT2D eigenvalue weighted by molar-refractivity contribution is -0.136. The Kier molecular flexibility index (Phi) is 10.9. The standard InChI is InChI=1S/C28H35N3O5S/c1-8-31(26(33)23(16-17-37-7)30-27(34)36-28(3,4)5)24(20-11-9-10-19(2)18-20)25(32)29-21-12-14-22(35-6)15-13-21/h1,9-15,18,23-24H,16-17H2,2-7H3,(H,29,32)(H,30,34). The van der Waals surface area contributed by atoms with Crippen molar-refractivity contribution in [2.75, 3.05) is 24.4 Å². The van der Waals surface area contributed by atoms with Gasteiger partial charge in [0, 0.05) is 11.7 Å². The van der Waals surface area contributed by atoms with Crippen molar-refractivity contribution in [1.82, 2.24) is 10.2 Å². The molecule has 0 heterocycles. The summed E-state index contributed by atoms with van der Waals surface area (Å²) >= 11 is 1.52. The SMILES string of the molecule is C#CN(C(=O)C(CCSC)NC(=O)OC(C)(C)C)C(C(=O)Nc1ccc(OC)cc1)c1cccc(C)c1. The van der Waals surface area contributed by atoms with Gasteiger partial charge >= 0.3 is 6.09 Å². The number of methoxy groups -OCH3 is 1. The number of nitrogens with one attached hydrogen (secondary N) is 2. The fourth-order valence-corrected chi connectivity index (χ4v) is 3.99. The summed E-state index contributed by atoms with van der Waals surface area (Å²) in [5.41, 5.74) is 1.21. The molecule has 0 aliphatic rings. The van der Waals surface area contributed by atoms with Gasteiger partial charge in [-0.25, -0.2) is 4.79 Å². The van der Waals surface area contributed by atoms with E-state index in [0.717, 1.165) is 10.5 Å². The van der Waals surface area contributed by atoms with Crippen molar-refractivity contribution in [3.05, 3.63) is 59.7 Å². The van der Waals surface area contributed by atoms with Crippen LogP contribution in [0.15, 0.2) is 48.5 Å². The normalized spacial score (nSPS) is 12.5. The number of hydrogen-bond donors (Lipinski definition) is 2. The molecule has 198 valence electrons. The van der Waals surface area contributed by atoms with E-state index in [1.165, 1.54) is 11.8 Å². The monoisotopic (exact) mass is 525 g/mol. The first-order valence-electron chi connectivity index (χ1n) is 11.8. The Morgan fingerprint density at radius 1 is 1.14 bits per heavy atom.